The molecule has 18 heavy (non-hydrogen) atoms. The largest absolute Gasteiger partial charge is 0.379 e. The van der Waals surface area contributed by atoms with Gasteiger partial charge in [0.05, 0.1) is 18.2 Å². The second kappa shape index (κ2) is 6.45. The van der Waals surface area contributed by atoms with Gasteiger partial charge in [0.15, 0.2) is 0 Å². The Hall–Kier alpha value is -0.710. The number of halogens is 3. The van der Waals surface area contributed by atoms with Gasteiger partial charge in [-0.1, -0.05) is 11.6 Å². The van der Waals surface area contributed by atoms with Crippen LogP contribution < -0.4 is 0 Å². The van der Waals surface area contributed by atoms with Crippen LogP contribution in [0.5, 0.6) is 0 Å². The van der Waals surface area contributed by atoms with Crippen molar-refractivity contribution in [2.45, 2.75) is 12.8 Å². The Bertz CT molecular complexity index is 408. The summed E-state index contributed by atoms with van der Waals surface area (Å²) in [5.74, 6) is -0.984. The van der Waals surface area contributed by atoms with Gasteiger partial charge >= 0.3 is 0 Å². The van der Waals surface area contributed by atoms with Gasteiger partial charge in [-0.3, -0.25) is 4.90 Å². The van der Waals surface area contributed by atoms with E-state index in [0.717, 1.165) is 51.4 Å². The van der Waals surface area contributed by atoms with E-state index in [1.807, 2.05) is 0 Å². The minimum atomic E-state index is -0.556. The quantitative estimate of drug-likeness (QED) is 0.784. The highest BCUT2D eigenvalue weighted by molar-refractivity contribution is 6.31. The van der Waals surface area contributed by atoms with Gasteiger partial charge in [-0.2, -0.15) is 0 Å². The first-order valence-corrected chi connectivity index (χ1v) is 6.49. The summed E-state index contributed by atoms with van der Waals surface area (Å²) in [6.07, 6.45) is 1.22. The van der Waals surface area contributed by atoms with E-state index < -0.39 is 11.6 Å². The van der Waals surface area contributed by atoms with Crippen molar-refractivity contribution in [1.29, 1.82) is 0 Å². The lowest BCUT2D eigenvalue weighted by Gasteiger charge is -2.26. The Balaban J connectivity index is 1.88. The van der Waals surface area contributed by atoms with Crippen molar-refractivity contribution in [2.24, 2.45) is 0 Å². The highest BCUT2D eigenvalue weighted by atomic mass is 35.5. The summed E-state index contributed by atoms with van der Waals surface area (Å²) >= 11 is 5.77. The van der Waals surface area contributed by atoms with Crippen LogP contribution in [0.1, 0.15) is 12.0 Å². The van der Waals surface area contributed by atoms with E-state index in [1.165, 1.54) is 0 Å². The standard InChI is InChI=1S/C13H16ClF2NO/c14-13-10(11(15)3-4-12(13)16)2-1-5-17-6-8-18-9-7-17/h3-4H,1-2,5-9H2. The van der Waals surface area contributed by atoms with E-state index in [9.17, 15) is 8.78 Å². The normalized spacial score (nSPS) is 17.1. The summed E-state index contributed by atoms with van der Waals surface area (Å²) in [6.45, 7) is 4.15. The Labute approximate surface area is 110 Å². The van der Waals surface area contributed by atoms with Gasteiger partial charge in [0, 0.05) is 18.7 Å². The molecule has 1 aromatic carbocycles. The summed E-state index contributed by atoms with van der Waals surface area (Å²) in [7, 11) is 0. The molecule has 0 amide bonds. The average molecular weight is 276 g/mol. The predicted molar refractivity (Wildman–Crippen MR) is 66.9 cm³/mol. The lowest BCUT2D eigenvalue weighted by Crippen LogP contribution is -2.37. The van der Waals surface area contributed by atoms with Crippen LogP contribution in [0.3, 0.4) is 0 Å². The maximum atomic E-state index is 13.5. The van der Waals surface area contributed by atoms with Gasteiger partial charge in [0.2, 0.25) is 0 Å². The first-order valence-electron chi connectivity index (χ1n) is 6.11. The van der Waals surface area contributed by atoms with Gasteiger partial charge in [0.25, 0.3) is 0 Å². The fourth-order valence-corrected chi connectivity index (χ4v) is 2.35. The molecule has 1 fully saturated rings. The van der Waals surface area contributed by atoms with Crippen molar-refractivity contribution in [1.82, 2.24) is 4.90 Å². The molecule has 0 atom stereocenters. The second-order valence-electron chi connectivity index (χ2n) is 4.38. The average Bonchev–Trinajstić information content (AvgIpc) is 2.39. The Kier molecular flexibility index (Phi) is 4.92. The zero-order valence-electron chi connectivity index (χ0n) is 10.1. The van der Waals surface area contributed by atoms with Crippen LogP contribution in [-0.4, -0.2) is 37.7 Å². The number of hydrogen-bond donors (Lipinski definition) is 0. The van der Waals surface area contributed by atoms with E-state index in [-0.39, 0.29) is 10.6 Å². The number of morpholine rings is 1. The zero-order chi connectivity index (χ0) is 13.0. The second-order valence-corrected chi connectivity index (χ2v) is 4.76. The third-order valence-electron chi connectivity index (χ3n) is 3.14. The van der Waals surface area contributed by atoms with E-state index in [0.29, 0.717) is 6.42 Å². The highest BCUT2D eigenvalue weighted by Gasteiger charge is 2.13. The molecule has 5 heteroatoms. The van der Waals surface area contributed by atoms with Crippen molar-refractivity contribution in [3.63, 3.8) is 0 Å². The Morgan fingerprint density at radius 1 is 1.17 bits per heavy atom. The number of rotatable bonds is 4. The first-order chi connectivity index (χ1) is 8.68. The van der Waals surface area contributed by atoms with E-state index in [2.05, 4.69) is 4.90 Å². The molecule has 1 aliphatic heterocycles. The van der Waals surface area contributed by atoms with Crippen molar-refractivity contribution in [2.75, 3.05) is 32.8 Å². The predicted octanol–water partition coefficient (Wildman–Crippen LogP) is 2.88. The summed E-state index contributed by atoms with van der Waals surface area (Å²) < 4.78 is 32.0. The summed E-state index contributed by atoms with van der Waals surface area (Å²) in [5, 5.41) is -0.0861. The van der Waals surface area contributed by atoms with Crippen molar-refractivity contribution >= 4 is 11.6 Å². The van der Waals surface area contributed by atoms with Crippen LogP contribution in [0.4, 0.5) is 8.78 Å². The number of hydrogen-bond acceptors (Lipinski definition) is 2. The minimum Gasteiger partial charge on any atom is -0.379 e. The monoisotopic (exact) mass is 275 g/mol. The Morgan fingerprint density at radius 2 is 1.83 bits per heavy atom. The van der Waals surface area contributed by atoms with Gasteiger partial charge in [-0.15, -0.1) is 0 Å². The molecule has 1 aliphatic rings. The molecule has 0 aliphatic carbocycles. The zero-order valence-corrected chi connectivity index (χ0v) is 10.8. The fourth-order valence-electron chi connectivity index (χ4n) is 2.10. The van der Waals surface area contributed by atoms with Crippen LogP contribution in [0, 0.1) is 11.6 Å². The van der Waals surface area contributed by atoms with Crippen LogP contribution >= 0.6 is 11.6 Å². The lowest BCUT2D eigenvalue weighted by atomic mass is 10.1. The highest BCUT2D eigenvalue weighted by Crippen LogP contribution is 2.24. The molecular weight excluding hydrogens is 260 g/mol. The van der Waals surface area contributed by atoms with Crippen LogP contribution in [0.2, 0.25) is 5.02 Å². The molecule has 1 heterocycles. The number of nitrogens with zero attached hydrogens (tertiary/aromatic N) is 1. The van der Waals surface area contributed by atoms with Crippen LogP contribution in [0.25, 0.3) is 0 Å². The summed E-state index contributed by atoms with van der Waals surface area (Å²) in [6, 6.07) is 2.19. The maximum absolute atomic E-state index is 13.5. The fraction of sp³-hybridized carbons (Fsp3) is 0.538. The number of benzene rings is 1. The molecule has 1 aromatic rings. The van der Waals surface area contributed by atoms with Crippen molar-refractivity contribution in [3.05, 3.63) is 34.4 Å². The molecule has 0 saturated carbocycles. The molecule has 0 bridgehead atoms. The van der Waals surface area contributed by atoms with E-state index in [4.69, 9.17) is 16.3 Å². The third kappa shape index (κ3) is 3.40. The SMILES string of the molecule is Fc1ccc(F)c(CCCN2CCOCC2)c1Cl. The molecule has 0 N–H and O–H groups in total. The summed E-state index contributed by atoms with van der Waals surface area (Å²) in [4.78, 5) is 2.26. The first kappa shape index (κ1) is 13.7. The molecule has 1 saturated heterocycles. The van der Waals surface area contributed by atoms with E-state index >= 15 is 0 Å². The molecule has 0 aromatic heterocycles. The number of ether oxygens (including phenoxy) is 1. The molecule has 0 radical (unpaired) electrons. The molecule has 2 nitrogen and oxygen atoms in total. The minimum absolute atomic E-state index is 0.0861. The van der Waals surface area contributed by atoms with Gasteiger partial charge in [-0.05, 0) is 31.5 Å². The summed E-state index contributed by atoms with van der Waals surface area (Å²) in [5.41, 5.74) is 0.282. The van der Waals surface area contributed by atoms with Gasteiger partial charge in [0.1, 0.15) is 11.6 Å². The van der Waals surface area contributed by atoms with Crippen molar-refractivity contribution < 1.29 is 13.5 Å². The molecule has 0 unspecified atom stereocenters. The Morgan fingerprint density at radius 3 is 2.56 bits per heavy atom. The topological polar surface area (TPSA) is 12.5 Å². The van der Waals surface area contributed by atoms with Gasteiger partial charge < -0.3 is 4.74 Å². The van der Waals surface area contributed by atoms with E-state index in [1.54, 1.807) is 0 Å². The van der Waals surface area contributed by atoms with Crippen LogP contribution in [-0.2, 0) is 11.2 Å². The molecule has 100 valence electrons. The third-order valence-corrected chi connectivity index (χ3v) is 3.55. The van der Waals surface area contributed by atoms with Crippen molar-refractivity contribution in [3.8, 4) is 0 Å². The molecule has 2 rings (SSSR count). The lowest BCUT2D eigenvalue weighted by molar-refractivity contribution is 0.0374. The van der Waals surface area contributed by atoms with Gasteiger partial charge in [-0.25, -0.2) is 8.78 Å². The maximum Gasteiger partial charge on any atom is 0.142 e. The molecule has 0 spiro atoms. The smallest absolute Gasteiger partial charge is 0.142 e. The molecular formula is C13H16ClF2NO. The van der Waals surface area contributed by atoms with Crippen LogP contribution in [0.15, 0.2) is 12.1 Å².